The van der Waals surface area contributed by atoms with Gasteiger partial charge in [-0.25, -0.2) is 12.7 Å². The number of benzene rings is 1. The molecule has 2 rings (SSSR count). The van der Waals surface area contributed by atoms with Crippen LogP contribution in [0.15, 0.2) is 22.7 Å². The fourth-order valence-corrected chi connectivity index (χ4v) is 4.75. The average molecular weight is 488 g/mol. The number of sulfonamides is 1. The summed E-state index contributed by atoms with van der Waals surface area (Å²) in [5, 5.41) is 10.5. The third-order valence-corrected chi connectivity index (χ3v) is 6.57. The van der Waals surface area contributed by atoms with Gasteiger partial charge in [-0.1, -0.05) is 15.9 Å². The smallest absolute Gasteiger partial charge is 0.211 e. The van der Waals surface area contributed by atoms with E-state index in [9.17, 15) is 13.5 Å². The maximum Gasteiger partial charge on any atom is 0.211 e. The van der Waals surface area contributed by atoms with Gasteiger partial charge >= 0.3 is 0 Å². The van der Waals surface area contributed by atoms with Crippen LogP contribution in [0.4, 0.5) is 0 Å². The van der Waals surface area contributed by atoms with Crippen LogP contribution in [0.3, 0.4) is 0 Å². The molecule has 0 aromatic heterocycles. The van der Waals surface area contributed by atoms with Crippen molar-refractivity contribution >= 4 is 48.5 Å². The highest BCUT2D eigenvalue weighted by atomic mass is 127. The number of nitrogens with zero attached hydrogens (tertiary/aromatic N) is 1. The lowest BCUT2D eigenvalue weighted by molar-refractivity contribution is 0.122. The SMILES string of the molecule is CS(=O)(=O)N1CCCC(CC(O)c2cc(Br)ccc2I)C1. The first-order valence-electron chi connectivity index (χ1n) is 6.85. The number of hydrogen-bond acceptors (Lipinski definition) is 3. The van der Waals surface area contributed by atoms with Crippen molar-refractivity contribution in [3.63, 3.8) is 0 Å². The van der Waals surface area contributed by atoms with Crippen molar-refractivity contribution in [3.8, 4) is 0 Å². The molecule has 21 heavy (non-hydrogen) atoms. The van der Waals surface area contributed by atoms with Gasteiger partial charge in [0.25, 0.3) is 0 Å². The Morgan fingerprint density at radius 2 is 2.24 bits per heavy atom. The molecule has 1 N–H and O–H groups in total. The van der Waals surface area contributed by atoms with Crippen LogP contribution in [-0.2, 0) is 10.0 Å². The predicted molar refractivity (Wildman–Crippen MR) is 95.6 cm³/mol. The lowest BCUT2D eigenvalue weighted by Crippen LogP contribution is -2.39. The Morgan fingerprint density at radius 3 is 2.90 bits per heavy atom. The maximum atomic E-state index is 11.6. The summed E-state index contributed by atoms with van der Waals surface area (Å²) in [5.41, 5.74) is 0.904. The summed E-state index contributed by atoms with van der Waals surface area (Å²) in [7, 11) is -3.13. The number of aliphatic hydroxyl groups excluding tert-OH is 1. The van der Waals surface area contributed by atoms with E-state index in [0.29, 0.717) is 19.5 Å². The van der Waals surface area contributed by atoms with Gasteiger partial charge in [0.2, 0.25) is 10.0 Å². The van der Waals surface area contributed by atoms with Gasteiger partial charge in [-0.2, -0.15) is 0 Å². The molecule has 0 saturated carbocycles. The minimum Gasteiger partial charge on any atom is -0.388 e. The number of halogens is 2. The molecule has 1 heterocycles. The van der Waals surface area contributed by atoms with Gasteiger partial charge in [0.1, 0.15) is 0 Å². The minimum atomic E-state index is -3.13. The lowest BCUT2D eigenvalue weighted by atomic mass is 9.91. The quantitative estimate of drug-likeness (QED) is 0.663. The third-order valence-electron chi connectivity index (χ3n) is 3.82. The Balaban J connectivity index is 2.05. The van der Waals surface area contributed by atoms with Crippen LogP contribution in [0.2, 0.25) is 0 Å². The van der Waals surface area contributed by atoms with Gasteiger partial charge in [0.15, 0.2) is 0 Å². The number of hydrogen-bond donors (Lipinski definition) is 1. The van der Waals surface area contributed by atoms with Crippen LogP contribution in [-0.4, -0.2) is 37.2 Å². The molecular formula is C14H19BrINO3S. The van der Waals surface area contributed by atoms with Gasteiger partial charge in [-0.3, -0.25) is 0 Å². The van der Waals surface area contributed by atoms with Crippen LogP contribution in [0.1, 0.15) is 30.9 Å². The van der Waals surface area contributed by atoms with Crippen LogP contribution in [0.25, 0.3) is 0 Å². The van der Waals surface area contributed by atoms with Gasteiger partial charge in [-0.15, -0.1) is 0 Å². The number of rotatable bonds is 4. The molecule has 7 heteroatoms. The summed E-state index contributed by atoms with van der Waals surface area (Å²) in [6.07, 6.45) is 3.12. The minimum absolute atomic E-state index is 0.207. The summed E-state index contributed by atoms with van der Waals surface area (Å²) >= 11 is 5.64. The van der Waals surface area contributed by atoms with Crippen LogP contribution in [0.5, 0.6) is 0 Å². The Labute approximate surface area is 148 Å². The lowest BCUT2D eigenvalue weighted by Gasteiger charge is -2.32. The fraction of sp³-hybridized carbons (Fsp3) is 0.571. The molecule has 1 aromatic carbocycles. The maximum absolute atomic E-state index is 11.6. The molecular weight excluding hydrogens is 469 g/mol. The average Bonchev–Trinajstić information content (AvgIpc) is 2.41. The molecule has 0 spiro atoms. The summed E-state index contributed by atoms with van der Waals surface area (Å²) in [5.74, 6) is 0.207. The second-order valence-electron chi connectivity index (χ2n) is 5.55. The van der Waals surface area contributed by atoms with E-state index in [0.717, 1.165) is 26.4 Å². The van der Waals surface area contributed by atoms with Crippen molar-refractivity contribution in [1.82, 2.24) is 4.31 Å². The monoisotopic (exact) mass is 487 g/mol. The predicted octanol–water partition coefficient (Wildman–Crippen LogP) is 3.15. The Bertz CT molecular complexity index is 608. The van der Waals surface area contributed by atoms with Crippen molar-refractivity contribution in [2.45, 2.75) is 25.4 Å². The normalized spacial score (nSPS) is 22.2. The van der Waals surface area contributed by atoms with E-state index in [2.05, 4.69) is 38.5 Å². The fourth-order valence-electron chi connectivity index (χ4n) is 2.73. The zero-order valence-corrected chi connectivity index (χ0v) is 16.4. The largest absolute Gasteiger partial charge is 0.388 e. The number of piperidine rings is 1. The molecule has 1 saturated heterocycles. The Morgan fingerprint density at radius 1 is 1.52 bits per heavy atom. The molecule has 0 bridgehead atoms. The van der Waals surface area contributed by atoms with Gasteiger partial charge < -0.3 is 5.11 Å². The summed E-state index contributed by atoms with van der Waals surface area (Å²) < 4.78 is 26.8. The second kappa shape index (κ2) is 7.25. The van der Waals surface area contributed by atoms with Crippen molar-refractivity contribution < 1.29 is 13.5 Å². The van der Waals surface area contributed by atoms with E-state index >= 15 is 0 Å². The first kappa shape index (κ1) is 17.7. The molecule has 1 aliphatic rings. The molecule has 0 aliphatic carbocycles. The van der Waals surface area contributed by atoms with E-state index in [1.807, 2.05) is 18.2 Å². The summed E-state index contributed by atoms with van der Waals surface area (Å²) in [4.78, 5) is 0. The Kier molecular flexibility index (Phi) is 6.09. The van der Waals surface area contributed by atoms with E-state index in [4.69, 9.17) is 0 Å². The summed E-state index contributed by atoms with van der Waals surface area (Å²) in [6, 6.07) is 5.85. The molecule has 4 nitrogen and oxygen atoms in total. The van der Waals surface area contributed by atoms with Crippen molar-refractivity contribution in [2.75, 3.05) is 19.3 Å². The van der Waals surface area contributed by atoms with Crippen LogP contribution in [0, 0.1) is 9.49 Å². The van der Waals surface area contributed by atoms with Crippen LogP contribution >= 0.6 is 38.5 Å². The van der Waals surface area contributed by atoms with Gasteiger partial charge in [0.05, 0.1) is 12.4 Å². The van der Waals surface area contributed by atoms with Crippen molar-refractivity contribution in [2.24, 2.45) is 5.92 Å². The zero-order valence-electron chi connectivity index (χ0n) is 11.8. The second-order valence-corrected chi connectivity index (χ2v) is 9.61. The molecule has 1 aliphatic heterocycles. The molecule has 118 valence electrons. The van der Waals surface area contributed by atoms with E-state index in [-0.39, 0.29) is 5.92 Å². The highest BCUT2D eigenvalue weighted by Gasteiger charge is 2.28. The van der Waals surface area contributed by atoms with Crippen molar-refractivity contribution in [3.05, 3.63) is 31.8 Å². The third kappa shape index (κ3) is 4.89. The Hall–Kier alpha value is 0.300. The first-order chi connectivity index (χ1) is 9.77. The van der Waals surface area contributed by atoms with Gasteiger partial charge in [-0.05, 0) is 71.5 Å². The molecule has 2 atom stereocenters. The van der Waals surface area contributed by atoms with E-state index in [1.54, 1.807) is 0 Å². The highest BCUT2D eigenvalue weighted by molar-refractivity contribution is 14.1. The van der Waals surface area contributed by atoms with Crippen LogP contribution < -0.4 is 0 Å². The zero-order chi connectivity index (χ0) is 15.6. The molecule has 1 fully saturated rings. The topological polar surface area (TPSA) is 57.6 Å². The molecule has 1 aromatic rings. The molecule has 0 amide bonds. The number of aliphatic hydroxyl groups is 1. The van der Waals surface area contributed by atoms with E-state index in [1.165, 1.54) is 10.6 Å². The first-order valence-corrected chi connectivity index (χ1v) is 10.6. The highest BCUT2D eigenvalue weighted by Crippen LogP contribution is 2.31. The van der Waals surface area contributed by atoms with Crippen molar-refractivity contribution in [1.29, 1.82) is 0 Å². The summed E-state index contributed by atoms with van der Waals surface area (Å²) in [6.45, 7) is 1.11. The van der Waals surface area contributed by atoms with E-state index < -0.39 is 16.1 Å². The molecule has 0 radical (unpaired) electrons. The standard InChI is InChI=1S/C14H19BrINO3S/c1-21(19,20)17-6-2-3-10(9-17)7-14(18)12-8-11(15)4-5-13(12)16/h4-5,8,10,14,18H,2-3,6-7,9H2,1H3. The molecule has 2 unspecified atom stereocenters. The van der Waals surface area contributed by atoms with Gasteiger partial charge in [0, 0.05) is 21.1 Å².